The maximum Gasteiger partial charge on any atom is 0.166 e. The van der Waals surface area contributed by atoms with E-state index in [0.717, 1.165) is 11.3 Å². The lowest BCUT2D eigenvalue weighted by atomic mass is 10.3. The fraction of sp³-hybridized carbons (Fsp3) is 0.636. The molecule has 17 heavy (non-hydrogen) atoms. The monoisotopic (exact) mass is 256 g/mol. The number of rotatable bonds is 5. The Labute approximate surface area is 108 Å². The van der Waals surface area contributed by atoms with E-state index in [1.807, 2.05) is 27.1 Å². The van der Waals surface area contributed by atoms with Gasteiger partial charge in [-0.15, -0.1) is 0 Å². The van der Waals surface area contributed by atoms with Gasteiger partial charge in [0.25, 0.3) is 0 Å². The molecule has 0 spiro atoms. The van der Waals surface area contributed by atoms with Crippen LogP contribution in [-0.2, 0) is 18.3 Å². The number of nitrogens with zero attached hydrogens (tertiary/aromatic N) is 2. The smallest absolute Gasteiger partial charge is 0.166 e. The third-order valence-electron chi connectivity index (χ3n) is 2.35. The number of thiocarbonyl (C=S) groups is 1. The van der Waals surface area contributed by atoms with E-state index in [2.05, 4.69) is 15.7 Å². The lowest BCUT2D eigenvalue weighted by Crippen LogP contribution is -2.42. The molecule has 1 unspecified atom stereocenters. The molecule has 0 saturated carbocycles. The minimum absolute atomic E-state index is 0.204. The summed E-state index contributed by atoms with van der Waals surface area (Å²) in [6.07, 6.45) is 1.99. The minimum atomic E-state index is 0.204. The van der Waals surface area contributed by atoms with Gasteiger partial charge in [-0.3, -0.25) is 4.68 Å². The number of nitrogens with one attached hydrogen (secondary N) is 2. The van der Waals surface area contributed by atoms with Gasteiger partial charge in [0.2, 0.25) is 0 Å². The van der Waals surface area contributed by atoms with Crippen LogP contribution in [0.1, 0.15) is 18.2 Å². The Bertz CT molecular complexity index is 378. The Kier molecular flexibility index (Phi) is 5.37. The molecule has 96 valence electrons. The summed E-state index contributed by atoms with van der Waals surface area (Å²) in [6, 6.07) is 0.204. The Hall–Kier alpha value is -1.14. The fourth-order valence-electron chi connectivity index (χ4n) is 1.56. The van der Waals surface area contributed by atoms with Crippen molar-refractivity contribution in [3.63, 3.8) is 0 Å². The van der Waals surface area contributed by atoms with Crippen molar-refractivity contribution in [3.05, 3.63) is 17.5 Å². The van der Waals surface area contributed by atoms with Gasteiger partial charge in [0.15, 0.2) is 5.11 Å². The number of hydrogen-bond donors (Lipinski definition) is 2. The molecule has 1 aromatic heterocycles. The van der Waals surface area contributed by atoms with Crippen molar-refractivity contribution in [1.82, 2.24) is 20.4 Å². The van der Waals surface area contributed by atoms with E-state index < -0.39 is 0 Å². The van der Waals surface area contributed by atoms with Crippen LogP contribution in [0.5, 0.6) is 0 Å². The highest BCUT2D eigenvalue weighted by Crippen LogP contribution is 2.03. The largest absolute Gasteiger partial charge is 0.383 e. The summed E-state index contributed by atoms with van der Waals surface area (Å²) in [5, 5.41) is 11.2. The topological polar surface area (TPSA) is 51.1 Å². The molecule has 0 bridgehead atoms. The fourth-order valence-corrected chi connectivity index (χ4v) is 1.84. The third-order valence-corrected chi connectivity index (χ3v) is 2.61. The molecule has 2 N–H and O–H groups in total. The summed E-state index contributed by atoms with van der Waals surface area (Å²) in [7, 11) is 3.58. The first-order valence-corrected chi connectivity index (χ1v) is 5.96. The third kappa shape index (κ3) is 4.70. The first kappa shape index (κ1) is 13.9. The van der Waals surface area contributed by atoms with Crippen molar-refractivity contribution < 1.29 is 4.74 Å². The first-order valence-electron chi connectivity index (χ1n) is 5.55. The Balaban J connectivity index is 2.35. The molecule has 6 heteroatoms. The van der Waals surface area contributed by atoms with Gasteiger partial charge in [0.1, 0.15) is 0 Å². The molecule has 0 aliphatic heterocycles. The van der Waals surface area contributed by atoms with E-state index in [-0.39, 0.29) is 6.04 Å². The molecular weight excluding hydrogens is 236 g/mol. The Morgan fingerprint density at radius 2 is 2.35 bits per heavy atom. The quantitative estimate of drug-likeness (QED) is 0.761. The van der Waals surface area contributed by atoms with Crippen molar-refractivity contribution in [2.45, 2.75) is 26.4 Å². The van der Waals surface area contributed by atoms with Crippen LogP contribution in [0, 0.1) is 6.92 Å². The molecule has 0 saturated heterocycles. The van der Waals surface area contributed by atoms with E-state index in [4.69, 9.17) is 17.0 Å². The van der Waals surface area contributed by atoms with Crippen LogP contribution in [0.3, 0.4) is 0 Å². The van der Waals surface area contributed by atoms with Crippen LogP contribution in [0.25, 0.3) is 0 Å². The zero-order chi connectivity index (χ0) is 12.8. The zero-order valence-corrected chi connectivity index (χ0v) is 11.6. The first-order chi connectivity index (χ1) is 8.02. The highest BCUT2D eigenvalue weighted by Gasteiger charge is 2.05. The predicted octanol–water partition coefficient (Wildman–Crippen LogP) is 0.728. The van der Waals surface area contributed by atoms with Crippen molar-refractivity contribution >= 4 is 17.3 Å². The number of aromatic nitrogens is 2. The number of ether oxygens (including phenoxy) is 1. The molecule has 5 nitrogen and oxygen atoms in total. The van der Waals surface area contributed by atoms with Gasteiger partial charge in [0, 0.05) is 38.5 Å². The molecule has 1 aromatic rings. The number of aryl methyl sites for hydroxylation is 2. The van der Waals surface area contributed by atoms with E-state index in [0.29, 0.717) is 18.3 Å². The SMILES string of the molecule is COCC(C)NC(=S)NCc1cn(C)nc1C. The number of methoxy groups -OCH3 is 1. The average Bonchev–Trinajstić information content (AvgIpc) is 2.54. The van der Waals surface area contributed by atoms with Gasteiger partial charge in [-0.2, -0.15) is 5.10 Å². The van der Waals surface area contributed by atoms with Crippen molar-refractivity contribution in [2.75, 3.05) is 13.7 Å². The maximum atomic E-state index is 5.19. The van der Waals surface area contributed by atoms with Crippen LogP contribution in [0.4, 0.5) is 0 Å². The van der Waals surface area contributed by atoms with Crippen LogP contribution in [0.2, 0.25) is 0 Å². The van der Waals surface area contributed by atoms with E-state index >= 15 is 0 Å². The highest BCUT2D eigenvalue weighted by molar-refractivity contribution is 7.80. The molecule has 1 rings (SSSR count). The van der Waals surface area contributed by atoms with E-state index in [1.54, 1.807) is 11.8 Å². The van der Waals surface area contributed by atoms with Crippen LogP contribution >= 0.6 is 12.2 Å². The Morgan fingerprint density at radius 3 is 2.88 bits per heavy atom. The van der Waals surface area contributed by atoms with Crippen molar-refractivity contribution in [1.29, 1.82) is 0 Å². The second kappa shape index (κ2) is 6.56. The molecule has 0 fully saturated rings. The van der Waals surface area contributed by atoms with Crippen molar-refractivity contribution in [3.8, 4) is 0 Å². The van der Waals surface area contributed by atoms with Gasteiger partial charge in [-0.05, 0) is 26.1 Å². The molecule has 0 aliphatic rings. The highest BCUT2D eigenvalue weighted by atomic mass is 32.1. The summed E-state index contributed by atoms with van der Waals surface area (Å²) in [5.41, 5.74) is 2.17. The summed E-state index contributed by atoms with van der Waals surface area (Å²) < 4.78 is 6.83. The number of hydrogen-bond acceptors (Lipinski definition) is 3. The standard InChI is InChI=1S/C11H20N4OS/c1-8(7-16-4)13-11(17)12-5-10-6-15(3)14-9(10)2/h6,8H,5,7H2,1-4H3,(H2,12,13,17). The van der Waals surface area contributed by atoms with Gasteiger partial charge < -0.3 is 15.4 Å². The summed E-state index contributed by atoms with van der Waals surface area (Å²) in [5.74, 6) is 0. The normalized spacial score (nSPS) is 12.2. The summed E-state index contributed by atoms with van der Waals surface area (Å²) in [4.78, 5) is 0. The molecule has 0 amide bonds. The molecule has 0 aromatic carbocycles. The maximum absolute atomic E-state index is 5.19. The predicted molar refractivity (Wildman–Crippen MR) is 71.9 cm³/mol. The Morgan fingerprint density at radius 1 is 1.65 bits per heavy atom. The summed E-state index contributed by atoms with van der Waals surface area (Å²) in [6.45, 7) is 5.33. The van der Waals surface area contributed by atoms with Crippen LogP contribution < -0.4 is 10.6 Å². The molecule has 0 aliphatic carbocycles. The molecule has 1 heterocycles. The van der Waals surface area contributed by atoms with Crippen molar-refractivity contribution in [2.24, 2.45) is 7.05 Å². The van der Waals surface area contributed by atoms with Gasteiger partial charge in [-0.1, -0.05) is 0 Å². The van der Waals surface area contributed by atoms with Gasteiger partial charge in [-0.25, -0.2) is 0 Å². The summed E-state index contributed by atoms with van der Waals surface area (Å²) >= 11 is 5.19. The van der Waals surface area contributed by atoms with E-state index in [9.17, 15) is 0 Å². The second-order valence-corrected chi connectivity index (χ2v) is 4.51. The molecule has 1 atom stereocenters. The van der Waals surface area contributed by atoms with Crippen LogP contribution in [0.15, 0.2) is 6.20 Å². The average molecular weight is 256 g/mol. The lowest BCUT2D eigenvalue weighted by Gasteiger charge is -2.15. The molecular formula is C11H20N4OS. The van der Waals surface area contributed by atoms with Crippen LogP contribution in [-0.4, -0.2) is 34.7 Å². The van der Waals surface area contributed by atoms with Gasteiger partial charge in [0.05, 0.1) is 12.3 Å². The minimum Gasteiger partial charge on any atom is -0.383 e. The zero-order valence-electron chi connectivity index (χ0n) is 10.8. The second-order valence-electron chi connectivity index (χ2n) is 4.10. The molecule has 0 radical (unpaired) electrons. The lowest BCUT2D eigenvalue weighted by molar-refractivity contribution is 0.179. The van der Waals surface area contributed by atoms with E-state index in [1.165, 1.54) is 0 Å². The van der Waals surface area contributed by atoms with Gasteiger partial charge >= 0.3 is 0 Å².